The van der Waals surface area contributed by atoms with Gasteiger partial charge in [0, 0.05) is 6.20 Å². The average Bonchev–Trinajstić information content (AvgIpc) is 2.95. The summed E-state index contributed by atoms with van der Waals surface area (Å²) in [4.78, 5) is 24.4. The highest BCUT2D eigenvalue weighted by atomic mass is 16.5. The van der Waals surface area contributed by atoms with Gasteiger partial charge in [-0.2, -0.15) is 0 Å². The highest BCUT2D eigenvalue weighted by Crippen LogP contribution is 2.34. The van der Waals surface area contributed by atoms with Crippen molar-refractivity contribution in [2.45, 2.75) is 6.92 Å². The average molecular weight is 333 g/mol. The molecule has 0 aliphatic heterocycles. The van der Waals surface area contributed by atoms with Crippen molar-refractivity contribution in [3.05, 3.63) is 76.8 Å². The fraction of sp³-hybridized carbons (Fsp3) is 0.100. The fourth-order valence-electron chi connectivity index (χ4n) is 3.03. The first-order chi connectivity index (χ1) is 12.2. The Kier molecular flexibility index (Phi) is 3.61. The van der Waals surface area contributed by atoms with Gasteiger partial charge in [0.1, 0.15) is 5.56 Å². The summed E-state index contributed by atoms with van der Waals surface area (Å²) in [6.45, 7) is 1.89. The van der Waals surface area contributed by atoms with Crippen LogP contribution in [0.15, 0.2) is 70.0 Å². The van der Waals surface area contributed by atoms with E-state index < -0.39 is 11.6 Å². The van der Waals surface area contributed by atoms with Crippen LogP contribution in [0.2, 0.25) is 0 Å². The van der Waals surface area contributed by atoms with Gasteiger partial charge in [-0.15, -0.1) is 0 Å². The van der Waals surface area contributed by atoms with Gasteiger partial charge in [0.15, 0.2) is 5.58 Å². The van der Waals surface area contributed by atoms with Crippen LogP contribution in [-0.4, -0.2) is 17.0 Å². The summed E-state index contributed by atoms with van der Waals surface area (Å²) in [7, 11) is 0. The number of benzene rings is 1. The maximum atomic E-state index is 12.3. The minimum absolute atomic E-state index is 0.0998. The third kappa shape index (κ3) is 2.41. The summed E-state index contributed by atoms with van der Waals surface area (Å²) < 4.78 is 12.4. The van der Waals surface area contributed by atoms with Crippen LogP contribution in [0.1, 0.15) is 17.3 Å². The Morgan fingerprint density at radius 2 is 1.84 bits per heavy atom. The topological polar surface area (TPSA) is 60.9 Å². The summed E-state index contributed by atoms with van der Waals surface area (Å²) in [5, 5.41) is 0. The number of aromatic nitrogens is 1. The lowest BCUT2D eigenvalue weighted by atomic mass is 10.1. The van der Waals surface area contributed by atoms with Crippen LogP contribution in [0.3, 0.4) is 0 Å². The molecular weight excluding hydrogens is 318 g/mol. The smallest absolute Gasteiger partial charge is 0.351 e. The summed E-state index contributed by atoms with van der Waals surface area (Å²) in [6, 6.07) is 17.0. The van der Waals surface area contributed by atoms with E-state index in [2.05, 4.69) is 0 Å². The SMILES string of the molecule is CCOC(=O)c1cc2c(oc1=O)c(-c1ccccc1)c1ccccn12. The van der Waals surface area contributed by atoms with Gasteiger partial charge in [-0.25, -0.2) is 9.59 Å². The van der Waals surface area contributed by atoms with Crippen molar-refractivity contribution in [2.24, 2.45) is 0 Å². The van der Waals surface area contributed by atoms with E-state index in [0.717, 1.165) is 16.6 Å². The zero-order valence-corrected chi connectivity index (χ0v) is 13.6. The largest absolute Gasteiger partial charge is 0.462 e. The number of esters is 1. The summed E-state index contributed by atoms with van der Waals surface area (Å²) in [6.07, 6.45) is 1.87. The Labute approximate surface area is 143 Å². The second-order valence-corrected chi connectivity index (χ2v) is 5.58. The van der Waals surface area contributed by atoms with Gasteiger partial charge in [-0.3, -0.25) is 0 Å². The number of pyridine rings is 1. The highest BCUT2D eigenvalue weighted by molar-refractivity contribution is 6.04. The second kappa shape index (κ2) is 5.94. The highest BCUT2D eigenvalue weighted by Gasteiger charge is 2.21. The van der Waals surface area contributed by atoms with Crippen LogP contribution in [0, 0.1) is 0 Å². The quantitative estimate of drug-likeness (QED) is 0.534. The van der Waals surface area contributed by atoms with Crippen LogP contribution in [0.5, 0.6) is 0 Å². The molecule has 0 bridgehead atoms. The summed E-state index contributed by atoms with van der Waals surface area (Å²) in [5.41, 5.74) is 2.97. The van der Waals surface area contributed by atoms with E-state index in [0.29, 0.717) is 11.1 Å². The first-order valence-electron chi connectivity index (χ1n) is 8.00. The Bertz CT molecular complexity index is 1140. The van der Waals surface area contributed by atoms with Crippen molar-refractivity contribution < 1.29 is 13.9 Å². The standard InChI is InChI=1S/C20H15NO4/c1-2-24-19(22)14-12-16-18(25-20(14)23)17(13-8-4-3-5-9-13)15-10-6-7-11-21(15)16/h3-12H,2H2,1H3. The molecule has 3 heterocycles. The molecular formula is C20H15NO4. The number of hydrogen-bond donors (Lipinski definition) is 0. The van der Waals surface area contributed by atoms with Crippen LogP contribution in [0.25, 0.3) is 27.7 Å². The lowest BCUT2D eigenvalue weighted by Gasteiger charge is -2.01. The Balaban J connectivity index is 2.10. The molecule has 0 saturated carbocycles. The van der Waals surface area contributed by atoms with Crippen molar-refractivity contribution in [1.82, 2.24) is 4.40 Å². The van der Waals surface area contributed by atoms with Crippen molar-refractivity contribution in [3.8, 4) is 11.1 Å². The van der Waals surface area contributed by atoms with Gasteiger partial charge in [-0.05, 0) is 30.7 Å². The third-order valence-electron chi connectivity index (χ3n) is 4.09. The molecule has 0 aliphatic carbocycles. The second-order valence-electron chi connectivity index (χ2n) is 5.58. The molecule has 0 unspecified atom stereocenters. The molecule has 25 heavy (non-hydrogen) atoms. The monoisotopic (exact) mass is 333 g/mol. The molecule has 0 N–H and O–H groups in total. The fourth-order valence-corrected chi connectivity index (χ4v) is 3.03. The van der Waals surface area contributed by atoms with E-state index in [1.165, 1.54) is 0 Å². The molecule has 0 aliphatic rings. The lowest BCUT2D eigenvalue weighted by Crippen LogP contribution is -2.16. The van der Waals surface area contributed by atoms with Gasteiger partial charge in [0.05, 0.1) is 23.2 Å². The van der Waals surface area contributed by atoms with Gasteiger partial charge in [0.2, 0.25) is 0 Å². The lowest BCUT2D eigenvalue weighted by molar-refractivity contribution is 0.0521. The van der Waals surface area contributed by atoms with E-state index in [1.807, 2.05) is 59.1 Å². The molecule has 0 saturated heterocycles. The summed E-state index contributed by atoms with van der Waals surface area (Å²) >= 11 is 0. The summed E-state index contributed by atoms with van der Waals surface area (Å²) in [5.74, 6) is -0.676. The minimum atomic E-state index is -0.695. The molecule has 1 aromatic carbocycles. The normalized spacial score (nSPS) is 11.1. The van der Waals surface area contributed by atoms with Crippen LogP contribution >= 0.6 is 0 Å². The van der Waals surface area contributed by atoms with Crippen molar-refractivity contribution in [3.63, 3.8) is 0 Å². The van der Waals surface area contributed by atoms with E-state index >= 15 is 0 Å². The molecule has 0 spiro atoms. The minimum Gasteiger partial charge on any atom is -0.462 e. The predicted octanol–water partition coefficient (Wildman–Crippen LogP) is 3.89. The Hall–Kier alpha value is -3.34. The molecule has 5 heteroatoms. The van der Waals surface area contributed by atoms with Gasteiger partial charge >= 0.3 is 11.6 Å². The van der Waals surface area contributed by atoms with Crippen LogP contribution in [0.4, 0.5) is 0 Å². The number of hydrogen-bond acceptors (Lipinski definition) is 4. The van der Waals surface area contributed by atoms with Crippen LogP contribution in [-0.2, 0) is 4.74 Å². The molecule has 0 atom stereocenters. The Morgan fingerprint density at radius 3 is 2.60 bits per heavy atom. The Morgan fingerprint density at radius 1 is 1.08 bits per heavy atom. The van der Waals surface area contributed by atoms with Crippen LogP contribution < -0.4 is 5.63 Å². The van der Waals surface area contributed by atoms with Gasteiger partial charge in [0.25, 0.3) is 0 Å². The van der Waals surface area contributed by atoms with E-state index in [4.69, 9.17) is 9.15 Å². The predicted molar refractivity (Wildman–Crippen MR) is 94.8 cm³/mol. The number of carbonyl (C=O) groups excluding carboxylic acids is 1. The van der Waals surface area contributed by atoms with Crippen molar-refractivity contribution in [1.29, 1.82) is 0 Å². The molecule has 3 aromatic heterocycles. The van der Waals surface area contributed by atoms with E-state index in [9.17, 15) is 9.59 Å². The number of fused-ring (bicyclic) bond motifs is 3. The third-order valence-corrected chi connectivity index (χ3v) is 4.09. The molecule has 124 valence electrons. The first-order valence-corrected chi connectivity index (χ1v) is 8.00. The molecule has 0 fully saturated rings. The van der Waals surface area contributed by atoms with E-state index in [-0.39, 0.29) is 12.2 Å². The molecule has 5 nitrogen and oxygen atoms in total. The zero-order chi connectivity index (χ0) is 17.4. The molecule has 0 radical (unpaired) electrons. The maximum Gasteiger partial charge on any atom is 0.351 e. The van der Waals surface area contributed by atoms with E-state index in [1.54, 1.807) is 13.0 Å². The van der Waals surface area contributed by atoms with Gasteiger partial charge < -0.3 is 13.6 Å². The first kappa shape index (κ1) is 15.2. The number of carbonyl (C=O) groups is 1. The number of ether oxygens (including phenoxy) is 1. The molecule has 4 aromatic rings. The number of nitrogens with zero attached hydrogens (tertiary/aromatic N) is 1. The van der Waals surface area contributed by atoms with Gasteiger partial charge in [-0.1, -0.05) is 36.4 Å². The molecule has 4 rings (SSSR count). The molecule has 0 amide bonds. The number of rotatable bonds is 3. The van der Waals surface area contributed by atoms with Crippen molar-refractivity contribution >= 4 is 22.6 Å². The zero-order valence-electron chi connectivity index (χ0n) is 13.6. The maximum absolute atomic E-state index is 12.3. The van der Waals surface area contributed by atoms with Crippen molar-refractivity contribution in [2.75, 3.05) is 6.61 Å².